The Morgan fingerprint density at radius 3 is 2.53 bits per heavy atom. The fourth-order valence-corrected chi connectivity index (χ4v) is 3.54. The maximum atomic E-state index is 12.2. The minimum Gasteiger partial charge on any atom is -0.488 e. The van der Waals surface area contributed by atoms with Crippen molar-refractivity contribution in [3.63, 3.8) is 0 Å². The van der Waals surface area contributed by atoms with E-state index in [1.54, 1.807) is 24.3 Å². The standard InChI is InChI=1S/C23H18BrN3O5/c1-15(28)26-23(17-7-10-19(11-8-17)27(29)30)32-22(25-26)20-13-18(24)9-12-21(20)31-14-16-5-3-2-4-6-16/h2-13,23H,14H2,1H3/t23-/m1/s1. The summed E-state index contributed by atoms with van der Waals surface area (Å²) in [5.41, 5.74) is 2.09. The third kappa shape index (κ3) is 4.62. The molecular formula is C23H18BrN3O5. The Morgan fingerprint density at radius 1 is 1.16 bits per heavy atom. The minimum absolute atomic E-state index is 0.0501. The molecule has 1 aliphatic heterocycles. The van der Waals surface area contributed by atoms with Gasteiger partial charge < -0.3 is 9.47 Å². The molecule has 0 aliphatic carbocycles. The van der Waals surface area contributed by atoms with Gasteiger partial charge in [0.05, 0.1) is 10.5 Å². The zero-order valence-corrected chi connectivity index (χ0v) is 18.6. The van der Waals surface area contributed by atoms with E-state index in [9.17, 15) is 14.9 Å². The van der Waals surface area contributed by atoms with Crippen molar-refractivity contribution < 1.29 is 19.2 Å². The first-order chi connectivity index (χ1) is 15.4. The van der Waals surface area contributed by atoms with Crippen molar-refractivity contribution in [1.82, 2.24) is 5.01 Å². The second kappa shape index (κ2) is 9.19. The summed E-state index contributed by atoms with van der Waals surface area (Å²) in [4.78, 5) is 22.7. The van der Waals surface area contributed by atoms with E-state index in [0.717, 1.165) is 10.0 Å². The van der Waals surface area contributed by atoms with Gasteiger partial charge in [0.1, 0.15) is 12.4 Å². The number of hydrogen-bond acceptors (Lipinski definition) is 6. The van der Waals surface area contributed by atoms with Gasteiger partial charge in [-0.05, 0) is 35.9 Å². The topological polar surface area (TPSA) is 94.3 Å². The summed E-state index contributed by atoms with van der Waals surface area (Å²) in [6.45, 7) is 1.73. The summed E-state index contributed by atoms with van der Waals surface area (Å²) in [5, 5.41) is 16.5. The van der Waals surface area contributed by atoms with E-state index in [4.69, 9.17) is 9.47 Å². The number of nitrogens with zero attached hydrogens (tertiary/aromatic N) is 3. The Bertz CT molecular complexity index is 1180. The van der Waals surface area contributed by atoms with Crippen LogP contribution in [0.5, 0.6) is 5.75 Å². The third-order valence-electron chi connectivity index (χ3n) is 4.76. The molecule has 1 heterocycles. The van der Waals surface area contributed by atoms with Gasteiger partial charge in [0.15, 0.2) is 0 Å². The molecule has 0 N–H and O–H groups in total. The lowest BCUT2D eigenvalue weighted by molar-refractivity contribution is -0.384. The van der Waals surface area contributed by atoms with Gasteiger partial charge in [-0.15, -0.1) is 5.10 Å². The first kappa shape index (κ1) is 21.5. The Labute approximate surface area is 192 Å². The van der Waals surface area contributed by atoms with Crippen molar-refractivity contribution in [3.05, 3.63) is 104 Å². The molecule has 1 amide bonds. The number of carbonyl (C=O) groups is 1. The monoisotopic (exact) mass is 495 g/mol. The number of nitro benzene ring substituents is 1. The van der Waals surface area contributed by atoms with Crippen LogP contribution in [-0.4, -0.2) is 21.7 Å². The molecule has 4 rings (SSSR count). The quantitative estimate of drug-likeness (QED) is 0.347. The number of halogens is 1. The number of non-ortho nitro benzene ring substituents is 1. The fraction of sp³-hybridized carbons (Fsp3) is 0.130. The first-order valence-electron chi connectivity index (χ1n) is 9.68. The van der Waals surface area contributed by atoms with E-state index in [1.165, 1.54) is 24.1 Å². The van der Waals surface area contributed by atoms with E-state index < -0.39 is 11.2 Å². The Balaban J connectivity index is 1.63. The van der Waals surface area contributed by atoms with Gasteiger partial charge in [-0.2, -0.15) is 5.01 Å². The summed E-state index contributed by atoms with van der Waals surface area (Å²) in [6, 6.07) is 21.0. The van der Waals surface area contributed by atoms with Crippen molar-refractivity contribution in [2.24, 2.45) is 5.10 Å². The van der Waals surface area contributed by atoms with Crippen molar-refractivity contribution in [1.29, 1.82) is 0 Å². The van der Waals surface area contributed by atoms with E-state index >= 15 is 0 Å². The highest BCUT2D eigenvalue weighted by Gasteiger charge is 2.34. The van der Waals surface area contributed by atoms with Crippen LogP contribution in [0.15, 0.2) is 82.4 Å². The minimum atomic E-state index is -0.843. The van der Waals surface area contributed by atoms with Gasteiger partial charge in [-0.1, -0.05) is 46.3 Å². The second-order valence-corrected chi connectivity index (χ2v) is 7.92. The number of amides is 1. The SMILES string of the molecule is CC(=O)N1N=C(c2cc(Br)ccc2OCc2ccccc2)O[C@@H]1c1ccc([N+](=O)[O-])cc1. The lowest BCUT2D eigenvalue weighted by Crippen LogP contribution is -2.25. The number of rotatable bonds is 6. The van der Waals surface area contributed by atoms with Gasteiger partial charge in [0.2, 0.25) is 18.0 Å². The van der Waals surface area contributed by atoms with Crippen LogP contribution in [0.2, 0.25) is 0 Å². The molecule has 0 radical (unpaired) electrons. The number of carbonyl (C=O) groups excluding carboxylic acids is 1. The van der Waals surface area contributed by atoms with E-state index in [-0.39, 0.29) is 17.5 Å². The van der Waals surface area contributed by atoms with Gasteiger partial charge in [0, 0.05) is 29.1 Å². The van der Waals surface area contributed by atoms with Crippen LogP contribution < -0.4 is 4.74 Å². The molecular weight excluding hydrogens is 478 g/mol. The lowest BCUT2D eigenvalue weighted by Gasteiger charge is -2.19. The van der Waals surface area contributed by atoms with Gasteiger partial charge in [-0.3, -0.25) is 14.9 Å². The Morgan fingerprint density at radius 2 is 1.88 bits per heavy atom. The van der Waals surface area contributed by atoms with Crippen molar-refractivity contribution in [2.45, 2.75) is 19.8 Å². The zero-order chi connectivity index (χ0) is 22.7. The van der Waals surface area contributed by atoms with Gasteiger partial charge >= 0.3 is 0 Å². The summed E-state index contributed by atoms with van der Waals surface area (Å²) >= 11 is 3.45. The summed E-state index contributed by atoms with van der Waals surface area (Å²) in [6.07, 6.45) is -0.843. The second-order valence-electron chi connectivity index (χ2n) is 7.00. The summed E-state index contributed by atoms with van der Waals surface area (Å²) in [5.74, 6) is 0.432. The van der Waals surface area contributed by atoms with Crippen LogP contribution in [0.3, 0.4) is 0 Å². The van der Waals surface area contributed by atoms with E-state index in [2.05, 4.69) is 21.0 Å². The van der Waals surface area contributed by atoms with E-state index in [0.29, 0.717) is 23.5 Å². The normalized spacial score (nSPS) is 15.1. The molecule has 0 saturated heterocycles. The van der Waals surface area contributed by atoms with E-state index in [1.807, 2.05) is 36.4 Å². The first-order valence-corrected chi connectivity index (χ1v) is 10.5. The molecule has 0 saturated carbocycles. The van der Waals surface area contributed by atoms with Crippen LogP contribution in [0, 0.1) is 10.1 Å². The molecule has 32 heavy (non-hydrogen) atoms. The summed E-state index contributed by atoms with van der Waals surface area (Å²) in [7, 11) is 0. The predicted molar refractivity (Wildman–Crippen MR) is 121 cm³/mol. The average molecular weight is 496 g/mol. The van der Waals surface area contributed by atoms with Crippen molar-refractivity contribution in [2.75, 3.05) is 0 Å². The maximum absolute atomic E-state index is 12.2. The molecule has 0 spiro atoms. The smallest absolute Gasteiger partial charge is 0.269 e. The highest BCUT2D eigenvalue weighted by Crippen LogP contribution is 2.34. The Kier molecular flexibility index (Phi) is 6.18. The Hall–Kier alpha value is -3.72. The molecule has 9 heteroatoms. The molecule has 162 valence electrons. The zero-order valence-electron chi connectivity index (χ0n) is 17.0. The highest BCUT2D eigenvalue weighted by atomic mass is 79.9. The van der Waals surface area contributed by atoms with Crippen molar-refractivity contribution >= 4 is 33.4 Å². The van der Waals surface area contributed by atoms with Crippen LogP contribution in [0.4, 0.5) is 5.69 Å². The van der Waals surface area contributed by atoms with Crippen LogP contribution in [-0.2, 0) is 16.1 Å². The summed E-state index contributed by atoms with van der Waals surface area (Å²) < 4.78 is 12.8. The lowest BCUT2D eigenvalue weighted by atomic mass is 10.1. The molecule has 0 aromatic heterocycles. The maximum Gasteiger partial charge on any atom is 0.269 e. The predicted octanol–water partition coefficient (Wildman–Crippen LogP) is 5.18. The largest absolute Gasteiger partial charge is 0.488 e. The fourth-order valence-electron chi connectivity index (χ4n) is 3.18. The number of nitro groups is 1. The number of ether oxygens (including phenoxy) is 2. The van der Waals surface area contributed by atoms with Crippen molar-refractivity contribution in [3.8, 4) is 5.75 Å². The van der Waals surface area contributed by atoms with Gasteiger partial charge in [0.25, 0.3) is 5.69 Å². The van der Waals surface area contributed by atoms with Crippen LogP contribution >= 0.6 is 15.9 Å². The number of benzene rings is 3. The molecule has 0 fully saturated rings. The number of hydrazone groups is 1. The number of hydrogen-bond donors (Lipinski definition) is 0. The van der Waals surface area contributed by atoms with Crippen LogP contribution in [0.25, 0.3) is 0 Å². The molecule has 0 unspecified atom stereocenters. The molecule has 1 aliphatic rings. The van der Waals surface area contributed by atoms with Gasteiger partial charge in [-0.25, -0.2) is 0 Å². The molecule has 8 nitrogen and oxygen atoms in total. The molecule has 0 bridgehead atoms. The molecule has 3 aromatic carbocycles. The average Bonchev–Trinajstić information content (AvgIpc) is 3.25. The molecule has 1 atom stereocenters. The highest BCUT2D eigenvalue weighted by molar-refractivity contribution is 9.10. The molecule has 3 aromatic rings. The van der Waals surface area contributed by atoms with Crippen LogP contribution in [0.1, 0.15) is 29.8 Å². The third-order valence-corrected chi connectivity index (χ3v) is 5.26.